The van der Waals surface area contributed by atoms with Gasteiger partial charge in [-0.05, 0) is 7.05 Å². The highest BCUT2D eigenvalue weighted by atomic mass is 127. The van der Waals surface area contributed by atoms with Crippen LogP contribution in [0, 0.1) is 0 Å². The fraction of sp³-hybridized carbons (Fsp3) is 0.500. The summed E-state index contributed by atoms with van der Waals surface area (Å²) in [4.78, 5) is 18.9. The van der Waals surface area contributed by atoms with E-state index in [1.807, 2.05) is 0 Å². The first-order chi connectivity index (χ1) is 6.70. The molecule has 2 rings (SSSR count). The van der Waals surface area contributed by atoms with Gasteiger partial charge in [-0.3, -0.25) is 0 Å². The van der Waals surface area contributed by atoms with Crippen LogP contribution in [0.25, 0.3) is 0 Å². The van der Waals surface area contributed by atoms with Crippen LogP contribution in [0.5, 0.6) is 0 Å². The van der Waals surface area contributed by atoms with Crippen LogP contribution < -0.4 is 0 Å². The molecular weight excluding hydrogens is 315 g/mol. The fourth-order valence-corrected chi connectivity index (χ4v) is 2.87. The predicted molar refractivity (Wildman–Crippen MR) is 61.6 cm³/mol. The summed E-state index contributed by atoms with van der Waals surface area (Å²) in [7, 11) is 2.07. The Morgan fingerprint density at radius 1 is 1.71 bits per heavy atom. The normalized spacial score (nSPS) is 16.4. The molecule has 0 unspecified atom stereocenters. The lowest BCUT2D eigenvalue weighted by molar-refractivity contribution is 0.0799. The zero-order valence-electron chi connectivity index (χ0n) is 7.62. The van der Waals surface area contributed by atoms with Crippen LogP contribution >= 0.6 is 34.3 Å². The molecule has 0 bridgehead atoms. The van der Waals surface area contributed by atoms with Gasteiger partial charge in [0.1, 0.15) is 0 Å². The van der Waals surface area contributed by atoms with Gasteiger partial charge >= 0.3 is 5.97 Å². The standard InChI is InChI=1S/C8H9IN2O2S/c1-11-3-2-5-6(4-11)14-7(10-5)8(12)13-9/h2-4H2,1H3. The van der Waals surface area contributed by atoms with Crippen molar-refractivity contribution in [2.45, 2.75) is 13.0 Å². The number of likely N-dealkylation sites (N-methyl/N-ethyl adjacent to an activating group) is 1. The molecule has 4 nitrogen and oxygen atoms in total. The lowest BCUT2D eigenvalue weighted by Gasteiger charge is -2.20. The predicted octanol–water partition coefficient (Wildman–Crippen LogP) is 1.64. The molecule has 2 heterocycles. The van der Waals surface area contributed by atoms with Gasteiger partial charge in [0.15, 0.2) is 23.0 Å². The van der Waals surface area contributed by atoms with Gasteiger partial charge in [-0.25, -0.2) is 9.78 Å². The van der Waals surface area contributed by atoms with E-state index in [-0.39, 0.29) is 5.97 Å². The third kappa shape index (κ3) is 1.91. The van der Waals surface area contributed by atoms with E-state index in [1.54, 1.807) is 23.0 Å². The number of thiazole rings is 1. The first-order valence-electron chi connectivity index (χ1n) is 4.20. The SMILES string of the molecule is CN1CCc2nc(C(=O)OI)sc2C1. The maximum absolute atomic E-state index is 11.2. The second-order valence-corrected chi connectivity index (χ2v) is 4.77. The molecule has 0 N–H and O–H groups in total. The van der Waals surface area contributed by atoms with Gasteiger partial charge in [-0.2, -0.15) is 0 Å². The molecule has 76 valence electrons. The Morgan fingerprint density at radius 3 is 3.21 bits per heavy atom. The topological polar surface area (TPSA) is 42.4 Å². The van der Waals surface area contributed by atoms with Gasteiger partial charge in [0.2, 0.25) is 5.01 Å². The lowest BCUT2D eigenvalue weighted by atomic mass is 10.2. The van der Waals surface area contributed by atoms with Gasteiger partial charge < -0.3 is 7.97 Å². The lowest BCUT2D eigenvalue weighted by Crippen LogP contribution is -2.25. The van der Waals surface area contributed by atoms with Gasteiger partial charge in [-0.1, -0.05) is 0 Å². The van der Waals surface area contributed by atoms with Gasteiger partial charge in [-0.15, -0.1) is 11.3 Å². The molecule has 14 heavy (non-hydrogen) atoms. The Morgan fingerprint density at radius 2 is 2.50 bits per heavy atom. The molecule has 0 saturated heterocycles. The van der Waals surface area contributed by atoms with E-state index in [9.17, 15) is 4.79 Å². The average molecular weight is 324 g/mol. The molecule has 0 fully saturated rings. The third-order valence-corrected chi connectivity index (χ3v) is 3.63. The van der Waals surface area contributed by atoms with E-state index in [0.29, 0.717) is 5.01 Å². The quantitative estimate of drug-likeness (QED) is 0.737. The first kappa shape index (κ1) is 10.3. The molecule has 0 aromatic carbocycles. The maximum atomic E-state index is 11.2. The molecule has 0 spiro atoms. The molecule has 1 aliphatic rings. The highest BCUT2D eigenvalue weighted by Crippen LogP contribution is 2.25. The number of aromatic nitrogens is 1. The van der Waals surface area contributed by atoms with Gasteiger partial charge in [0.25, 0.3) is 0 Å². The summed E-state index contributed by atoms with van der Waals surface area (Å²) in [6.45, 7) is 1.90. The van der Waals surface area contributed by atoms with Crippen molar-refractivity contribution >= 4 is 40.3 Å². The highest BCUT2D eigenvalue weighted by Gasteiger charge is 2.21. The first-order valence-corrected chi connectivity index (χ1v) is 5.90. The van der Waals surface area contributed by atoms with Crippen LogP contribution in [-0.2, 0) is 16.0 Å². The molecule has 1 aromatic heterocycles. The summed E-state index contributed by atoms with van der Waals surface area (Å²) >= 11 is 3.03. The third-order valence-electron chi connectivity index (χ3n) is 2.17. The van der Waals surface area contributed by atoms with Crippen molar-refractivity contribution in [3.05, 3.63) is 15.6 Å². The largest absolute Gasteiger partial charge is 0.389 e. The molecule has 0 atom stereocenters. The molecule has 0 radical (unpaired) electrons. The number of fused-ring (bicyclic) bond motifs is 1. The minimum absolute atomic E-state index is 0.340. The Kier molecular flexibility index (Phi) is 3.03. The molecule has 0 aliphatic carbocycles. The van der Waals surface area contributed by atoms with Crippen molar-refractivity contribution in [2.75, 3.05) is 13.6 Å². The van der Waals surface area contributed by atoms with Crippen LogP contribution in [0.2, 0.25) is 0 Å². The number of rotatable bonds is 1. The zero-order valence-corrected chi connectivity index (χ0v) is 10.6. The van der Waals surface area contributed by atoms with E-state index in [4.69, 9.17) is 0 Å². The Bertz CT molecular complexity index is 366. The summed E-state index contributed by atoms with van der Waals surface area (Å²) < 4.78 is 4.61. The Labute approximate surface area is 100.0 Å². The van der Waals surface area contributed by atoms with Crippen LogP contribution in [0.3, 0.4) is 0 Å². The monoisotopic (exact) mass is 324 g/mol. The van der Waals surface area contributed by atoms with E-state index >= 15 is 0 Å². The molecule has 0 saturated carbocycles. The number of carbonyl (C=O) groups excluding carboxylic acids is 1. The number of hydrogen-bond donors (Lipinski definition) is 0. The van der Waals surface area contributed by atoms with Crippen LogP contribution in [0.1, 0.15) is 20.4 Å². The van der Waals surface area contributed by atoms with Crippen molar-refractivity contribution in [3.63, 3.8) is 0 Å². The van der Waals surface area contributed by atoms with Crippen molar-refractivity contribution in [3.8, 4) is 0 Å². The molecular formula is C8H9IN2O2S. The molecule has 1 aliphatic heterocycles. The number of hydrogen-bond acceptors (Lipinski definition) is 5. The van der Waals surface area contributed by atoms with Crippen molar-refractivity contribution in [1.82, 2.24) is 9.88 Å². The fourth-order valence-electron chi connectivity index (χ4n) is 1.44. The van der Waals surface area contributed by atoms with Crippen LogP contribution in [0.15, 0.2) is 0 Å². The van der Waals surface area contributed by atoms with Gasteiger partial charge in [0, 0.05) is 24.4 Å². The Hall–Kier alpha value is -0.210. The highest BCUT2D eigenvalue weighted by molar-refractivity contribution is 14.1. The van der Waals surface area contributed by atoms with Crippen molar-refractivity contribution < 1.29 is 7.86 Å². The summed E-state index contributed by atoms with van der Waals surface area (Å²) in [6, 6.07) is 0. The van der Waals surface area contributed by atoms with E-state index in [0.717, 1.165) is 25.2 Å². The maximum Gasteiger partial charge on any atom is 0.376 e. The smallest absolute Gasteiger partial charge is 0.376 e. The average Bonchev–Trinajstić information content (AvgIpc) is 2.59. The second-order valence-electron chi connectivity index (χ2n) is 3.24. The van der Waals surface area contributed by atoms with Gasteiger partial charge in [0.05, 0.1) is 5.69 Å². The van der Waals surface area contributed by atoms with E-state index in [2.05, 4.69) is 20.0 Å². The molecule has 6 heteroatoms. The van der Waals surface area contributed by atoms with Crippen LogP contribution in [-0.4, -0.2) is 29.4 Å². The van der Waals surface area contributed by atoms with Crippen molar-refractivity contribution in [2.24, 2.45) is 0 Å². The number of carbonyl (C=O) groups is 1. The minimum atomic E-state index is -0.340. The molecule has 1 aromatic rings. The number of nitrogens with zero attached hydrogens (tertiary/aromatic N) is 2. The summed E-state index contributed by atoms with van der Waals surface area (Å²) in [5.41, 5.74) is 1.06. The van der Waals surface area contributed by atoms with E-state index < -0.39 is 0 Å². The summed E-state index contributed by atoms with van der Waals surface area (Å²) in [6.07, 6.45) is 0.927. The van der Waals surface area contributed by atoms with E-state index in [1.165, 1.54) is 16.2 Å². The minimum Gasteiger partial charge on any atom is -0.389 e. The Balaban J connectivity index is 2.27. The summed E-state index contributed by atoms with van der Waals surface area (Å²) in [5, 5.41) is 0.472. The summed E-state index contributed by atoms with van der Waals surface area (Å²) in [5.74, 6) is -0.340. The molecule has 0 amide bonds. The second kappa shape index (κ2) is 4.11. The zero-order chi connectivity index (χ0) is 10.1. The van der Waals surface area contributed by atoms with Crippen LogP contribution in [0.4, 0.5) is 0 Å². The number of halogens is 1. The van der Waals surface area contributed by atoms with Crippen molar-refractivity contribution in [1.29, 1.82) is 0 Å².